The molecule has 6 heteroatoms. The van der Waals surface area contributed by atoms with Gasteiger partial charge in [-0.3, -0.25) is 4.79 Å². The summed E-state index contributed by atoms with van der Waals surface area (Å²) in [6, 6.07) is 9.34. The van der Waals surface area contributed by atoms with E-state index in [0.717, 1.165) is 18.2 Å². The predicted molar refractivity (Wildman–Crippen MR) is 76.5 cm³/mol. The lowest BCUT2D eigenvalue weighted by molar-refractivity contribution is -0.122. The first-order valence-electron chi connectivity index (χ1n) is 6.14. The highest BCUT2D eigenvalue weighted by Gasteiger charge is 2.17. The molecule has 2 rings (SSSR count). The predicted octanol–water partition coefficient (Wildman–Crippen LogP) is 4.02. The van der Waals surface area contributed by atoms with Gasteiger partial charge in [-0.25, -0.2) is 8.78 Å². The average Bonchev–Trinajstić information content (AvgIpc) is 2.43. The van der Waals surface area contributed by atoms with E-state index >= 15 is 0 Å². The number of anilines is 1. The van der Waals surface area contributed by atoms with E-state index in [4.69, 9.17) is 16.3 Å². The van der Waals surface area contributed by atoms with Crippen molar-refractivity contribution in [1.82, 2.24) is 0 Å². The zero-order valence-corrected chi connectivity index (χ0v) is 11.8. The molecule has 0 fully saturated rings. The second-order valence-corrected chi connectivity index (χ2v) is 4.77. The lowest BCUT2D eigenvalue weighted by Gasteiger charge is -2.15. The molecule has 0 aromatic heterocycles. The molecule has 0 heterocycles. The third-order valence-corrected chi connectivity index (χ3v) is 2.90. The summed E-state index contributed by atoms with van der Waals surface area (Å²) in [7, 11) is 0. The molecule has 0 spiro atoms. The van der Waals surface area contributed by atoms with Crippen LogP contribution in [0.2, 0.25) is 5.02 Å². The van der Waals surface area contributed by atoms with Crippen molar-refractivity contribution in [2.75, 3.05) is 5.32 Å². The molecule has 0 saturated heterocycles. The van der Waals surface area contributed by atoms with Gasteiger partial charge in [0.25, 0.3) is 5.91 Å². The Morgan fingerprint density at radius 3 is 2.71 bits per heavy atom. The molecule has 110 valence electrons. The van der Waals surface area contributed by atoms with Gasteiger partial charge in [0.1, 0.15) is 17.4 Å². The monoisotopic (exact) mass is 311 g/mol. The number of carbonyl (C=O) groups is 1. The van der Waals surface area contributed by atoms with E-state index in [2.05, 4.69) is 5.32 Å². The zero-order chi connectivity index (χ0) is 15.4. The fraction of sp³-hybridized carbons (Fsp3) is 0.133. The number of hydrogen-bond donors (Lipinski definition) is 1. The molecule has 3 nitrogen and oxygen atoms in total. The quantitative estimate of drug-likeness (QED) is 0.926. The lowest BCUT2D eigenvalue weighted by atomic mass is 10.2. The molecule has 21 heavy (non-hydrogen) atoms. The standard InChI is InChI=1S/C15H12ClF2NO2/c1-9(21-12-4-2-3-10(16)7-12)15(20)19-14-8-11(17)5-6-13(14)18/h2-9H,1H3,(H,19,20). The minimum atomic E-state index is -0.897. The van der Waals surface area contributed by atoms with Crippen molar-refractivity contribution >= 4 is 23.2 Å². The summed E-state index contributed by atoms with van der Waals surface area (Å²) >= 11 is 5.80. The summed E-state index contributed by atoms with van der Waals surface area (Å²) in [4.78, 5) is 11.9. The van der Waals surface area contributed by atoms with Crippen molar-refractivity contribution in [3.63, 3.8) is 0 Å². The highest BCUT2D eigenvalue weighted by Crippen LogP contribution is 2.19. The van der Waals surface area contributed by atoms with Crippen LogP contribution in [0.5, 0.6) is 5.75 Å². The minimum absolute atomic E-state index is 0.235. The van der Waals surface area contributed by atoms with Crippen LogP contribution >= 0.6 is 11.6 Å². The molecule has 0 aliphatic rings. The molecule has 0 saturated carbocycles. The molecule has 1 N–H and O–H groups in total. The third kappa shape index (κ3) is 4.16. The molecule has 2 aromatic rings. The SMILES string of the molecule is CC(Oc1cccc(Cl)c1)C(=O)Nc1cc(F)ccc1F. The molecule has 1 amide bonds. The first-order valence-corrected chi connectivity index (χ1v) is 6.51. The Kier molecular flexibility index (Phi) is 4.75. The van der Waals surface area contributed by atoms with Crippen molar-refractivity contribution in [3.05, 3.63) is 59.1 Å². The van der Waals surface area contributed by atoms with E-state index in [9.17, 15) is 13.6 Å². The number of halogens is 3. The van der Waals surface area contributed by atoms with E-state index in [1.807, 2.05) is 0 Å². The Morgan fingerprint density at radius 1 is 1.24 bits per heavy atom. The lowest BCUT2D eigenvalue weighted by Crippen LogP contribution is -2.30. The molecule has 0 radical (unpaired) electrons. The molecule has 0 bridgehead atoms. The van der Waals surface area contributed by atoms with Crippen molar-refractivity contribution in [1.29, 1.82) is 0 Å². The van der Waals surface area contributed by atoms with Gasteiger partial charge in [0.15, 0.2) is 6.10 Å². The maximum Gasteiger partial charge on any atom is 0.265 e. The van der Waals surface area contributed by atoms with E-state index in [1.54, 1.807) is 24.3 Å². The van der Waals surface area contributed by atoms with Gasteiger partial charge < -0.3 is 10.1 Å². The van der Waals surface area contributed by atoms with Gasteiger partial charge in [-0.1, -0.05) is 17.7 Å². The second kappa shape index (κ2) is 6.54. The Balaban J connectivity index is 2.04. The molecular formula is C15H12ClF2NO2. The number of nitrogens with one attached hydrogen (secondary N) is 1. The van der Waals surface area contributed by atoms with Crippen LogP contribution in [0.3, 0.4) is 0 Å². The van der Waals surface area contributed by atoms with Gasteiger partial charge in [0.05, 0.1) is 5.69 Å². The van der Waals surface area contributed by atoms with Gasteiger partial charge >= 0.3 is 0 Å². The number of carbonyl (C=O) groups excluding carboxylic acids is 1. The summed E-state index contributed by atoms with van der Waals surface area (Å²) in [6.07, 6.45) is -0.897. The molecule has 1 atom stereocenters. The smallest absolute Gasteiger partial charge is 0.265 e. The van der Waals surface area contributed by atoms with Gasteiger partial charge in [0, 0.05) is 11.1 Å². The van der Waals surface area contributed by atoms with E-state index in [1.165, 1.54) is 6.92 Å². The summed E-state index contributed by atoms with van der Waals surface area (Å²) in [5.74, 6) is -1.56. The summed E-state index contributed by atoms with van der Waals surface area (Å²) < 4.78 is 31.8. The van der Waals surface area contributed by atoms with Crippen LogP contribution in [0.15, 0.2) is 42.5 Å². The fourth-order valence-electron chi connectivity index (χ4n) is 1.63. The van der Waals surface area contributed by atoms with Crippen LogP contribution < -0.4 is 10.1 Å². The van der Waals surface area contributed by atoms with Gasteiger partial charge in [-0.15, -0.1) is 0 Å². The summed E-state index contributed by atoms with van der Waals surface area (Å²) in [6.45, 7) is 1.49. The van der Waals surface area contributed by atoms with E-state index < -0.39 is 23.6 Å². The van der Waals surface area contributed by atoms with Crippen LogP contribution in [0.25, 0.3) is 0 Å². The number of amides is 1. The average molecular weight is 312 g/mol. The highest BCUT2D eigenvalue weighted by atomic mass is 35.5. The van der Waals surface area contributed by atoms with Crippen molar-refractivity contribution in [2.45, 2.75) is 13.0 Å². The topological polar surface area (TPSA) is 38.3 Å². The zero-order valence-electron chi connectivity index (χ0n) is 11.1. The second-order valence-electron chi connectivity index (χ2n) is 4.33. The molecule has 2 aromatic carbocycles. The Hall–Kier alpha value is -2.14. The summed E-state index contributed by atoms with van der Waals surface area (Å²) in [5, 5.41) is 2.74. The first-order chi connectivity index (χ1) is 9.95. The Bertz CT molecular complexity index is 664. The van der Waals surface area contributed by atoms with E-state index in [-0.39, 0.29) is 5.69 Å². The number of ether oxygens (including phenoxy) is 1. The van der Waals surface area contributed by atoms with Crippen molar-refractivity contribution in [2.24, 2.45) is 0 Å². The molecule has 0 aliphatic heterocycles. The Morgan fingerprint density at radius 2 is 2.00 bits per heavy atom. The maximum atomic E-state index is 13.4. The fourth-order valence-corrected chi connectivity index (χ4v) is 1.81. The van der Waals surface area contributed by atoms with E-state index in [0.29, 0.717) is 10.8 Å². The van der Waals surface area contributed by atoms with Crippen molar-refractivity contribution in [3.8, 4) is 5.75 Å². The highest BCUT2D eigenvalue weighted by molar-refractivity contribution is 6.30. The van der Waals surface area contributed by atoms with Crippen LogP contribution in [0.1, 0.15) is 6.92 Å². The molecular weight excluding hydrogens is 300 g/mol. The third-order valence-electron chi connectivity index (χ3n) is 2.66. The van der Waals surface area contributed by atoms with Gasteiger partial charge in [-0.2, -0.15) is 0 Å². The van der Waals surface area contributed by atoms with Crippen molar-refractivity contribution < 1.29 is 18.3 Å². The van der Waals surface area contributed by atoms with Gasteiger partial charge in [0.2, 0.25) is 0 Å². The molecule has 0 aliphatic carbocycles. The molecule has 1 unspecified atom stereocenters. The Labute approximate surface area is 125 Å². The van der Waals surface area contributed by atoms with Crippen LogP contribution in [-0.4, -0.2) is 12.0 Å². The first kappa shape index (κ1) is 15.3. The van der Waals surface area contributed by atoms with Crippen LogP contribution in [0, 0.1) is 11.6 Å². The maximum absolute atomic E-state index is 13.4. The largest absolute Gasteiger partial charge is 0.481 e. The van der Waals surface area contributed by atoms with Crippen LogP contribution in [0.4, 0.5) is 14.5 Å². The number of hydrogen-bond acceptors (Lipinski definition) is 2. The van der Waals surface area contributed by atoms with Crippen LogP contribution in [-0.2, 0) is 4.79 Å². The normalized spacial score (nSPS) is 11.8. The number of benzene rings is 2. The van der Waals surface area contributed by atoms with Gasteiger partial charge in [-0.05, 0) is 37.3 Å². The summed E-state index contributed by atoms with van der Waals surface area (Å²) in [5.41, 5.74) is -0.235. The number of rotatable bonds is 4. The minimum Gasteiger partial charge on any atom is -0.481 e.